The number of nitrogens with one attached hydrogen (secondary N) is 1. The molecule has 0 saturated heterocycles. The van der Waals surface area contributed by atoms with Gasteiger partial charge in [0.25, 0.3) is 0 Å². The van der Waals surface area contributed by atoms with E-state index in [2.05, 4.69) is 21.9 Å². The van der Waals surface area contributed by atoms with Crippen LogP contribution in [0.4, 0.5) is 5.82 Å². The van der Waals surface area contributed by atoms with Crippen LogP contribution in [0.2, 0.25) is 5.28 Å². The van der Waals surface area contributed by atoms with Crippen LogP contribution in [-0.2, 0) is 4.79 Å². The highest BCUT2D eigenvalue weighted by Crippen LogP contribution is 2.07. The van der Waals surface area contributed by atoms with E-state index in [9.17, 15) is 4.79 Å². The molecule has 0 spiro atoms. The Labute approximate surface area is 79.1 Å². The number of rotatable bonds is 3. The van der Waals surface area contributed by atoms with E-state index in [0.717, 1.165) is 0 Å². The molecule has 2 N–H and O–H groups in total. The highest BCUT2D eigenvalue weighted by Gasteiger charge is 2.04. The summed E-state index contributed by atoms with van der Waals surface area (Å²) in [5, 5.41) is 11.0. The van der Waals surface area contributed by atoms with Crippen molar-refractivity contribution in [1.82, 2.24) is 9.97 Å². The lowest BCUT2D eigenvalue weighted by Crippen LogP contribution is -2.09. The standard InChI is InChI=1S/C7H6ClN3O2/c1-4(6(12)13)10-5-2-3-9-7(8)11-5/h2-3H,1H2,(H,12,13)(H,9,10,11). The molecule has 0 aliphatic rings. The van der Waals surface area contributed by atoms with Gasteiger partial charge in [-0.3, -0.25) is 0 Å². The quantitative estimate of drug-likeness (QED) is 0.564. The van der Waals surface area contributed by atoms with Crippen LogP contribution in [0.15, 0.2) is 24.5 Å². The van der Waals surface area contributed by atoms with Gasteiger partial charge in [-0.2, -0.15) is 0 Å². The molecule has 68 valence electrons. The van der Waals surface area contributed by atoms with Gasteiger partial charge in [0.05, 0.1) is 0 Å². The zero-order valence-electron chi connectivity index (χ0n) is 6.49. The van der Waals surface area contributed by atoms with Crippen LogP contribution in [0.25, 0.3) is 0 Å². The molecule has 0 unspecified atom stereocenters. The van der Waals surface area contributed by atoms with Gasteiger partial charge in [-0.1, -0.05) is 6.58 Å². The summed E-state index contributed by atoms with van der Waals surface area (Å²) in [6.45, 7) is 3.27. The normalized spacial score (nSPS) is 9.31. The molecule has 0 aliphatic carbocycles. The van der Waals surface area contributed by atoms with E-state index in [-0.39, 0.29) is 11.0 Å². The molecule has 13 heavy (non-hydrogen) atoms. The van der Waals surface area contributed by atoms with Crippen molar-refractivity contribution in [3.63, 3.8) is 0 Å². The fraction of sp³-hybridized carbons (Fsp3) is 0. The monoisotopic (exact) mass is 199 g/mol. The van der Waals surface area contributed by atoms with Gasteiger partial charge in [-0.05, 0) is 17.7 Å². The van der Waals surface area contributed by atoms with E-state index in [0.29, 0.717) is 5.82 Å². The average Bonchev–Trinajstić information content (AvgIpc) is 2.04. The molecule has 1 aromatic heterocycles. The van der Waals surface area contributed by atoms with E-state index >= 15 is 0 Å². The van der Waals surface area contributed by atoms with Crippen LogP contribution in [0.3, 0.4) is 0 Å². The number of anilines is 1. The van der Waals surface area contributed by atoms with E-state index in [1.54, 1.807) is 0 Å². The van der Waals surface area contributed by atoms with Gasteiger partial charge >= 0.3 is 5.97 Å². The van der Waals surface area contributed by atoms with Crippen LogP contribution in [0, 0.1) is 0 Å². The summed E-state index contributed by atoms with van der Waals surface area (Å²) < 4.78 is 0. The second-order valence-electron chi connectivity index (χ2n) is 2.12. The van der Waals surface area contributed by atoms with Crippen molar-refractivity contribution >= 4 is 23.4 Å². The Morgan fingerprint density at radius 1 is 1.69 bits per heavy atom. The maximum atomic E-state index is 10.4. The molecule has 0 amide bonds. The summed E-state index contributed by atoms with van der Waals surface area (Å²) in [7, 11) is 0. The third-order valence-electron chi connectivity index (χ3n) is 1.16. The van der Waals surface area contributed by atoms with E-state index in [1.165, 1.54) is 12.3 Å². The fourth-order valence-corrected chi connectivity index (χ4v) is 0.760. The number of carboxylic acid groups (broad SMARTS) is 1. The van der Waals surface area contributed by atoms with Crippen LogP contribution in [0.1, 0.15) is 0 Å². The molecule has 1 rings (SSSR count). The predicted octanol–water partition coefficient (Wildman–Crippen LogP) is 1.14. The highest BCUT2D eigenvalue weighted by atomic mass is 35.5. The van der Waals surface area contributed by atoms with Crippen molar-refractivity contribution in [2.45, 2.75) is 0 Å². The number of hydrogen-bond acceptors (Lipinski definition) is 4. The lowest BCUT2D eigenvalue weighted by atomic mass is 10.4. The number of carboxylic acids is 1. The molecule has 0 saturated carbocycles. The molecule has 6 heteroatoms. The largest absolute Gasteiger partial charge is 0.477 e. The Balaban J connectivity index is 2.75. The molecule has 0 fully saturated rings. The first-order valence-electron chi connectivity index (χ1n) is 3.27. The summed E-state index contributed by atoms with van der Waals surface area (Å²) in [6.07, 6.45) is 1.41. The van der Waals surface area contributed by atoms with Crippen molar-refractivity contribution in [3.05, 3.63) is 29.8 Å². The van der Waals surface area contributed by atoms with Gasteiger partial charge in [0.15, 0.2) is 0 Å². The molecular weight excluding hydrogens is 194 g/mol. The first kappa shape index (κ1) is 9.47. The smallest absolute Gasteiger partial charge is 0.351 e. The SMILES string of the molecule is C=C(Nc1ccnc(Cl)n1)C(=O)O. The fourth-order valence-electron chi connectivity index (χ4n) is 0.613. The summed E-state index contributed by atoms with van der Waals surface area (Å²) >= 11 is 5.47. The van der Waals surface area contributed by atoms with Crippen molar-refractivity contribution < 1.29 is 9.90 Å². The van der Waals surface area contributed by atoms with Crippen molar-refractivity contribution in [2.75, 3.05) is 5.32 Å². The van der Waals surface area contributed by atoms with Gasteiger partial charge < -0.3 is 10.4 Å². The second-order valence-corrected chi connectivity index (χ2v) is 2.46. The summed E-state index contributed by atoms with van der Waals surface area (Å²) in [6, 6.07) is 1.49. The average molecular weight is 200 g/mol. The van der Waals surface area contributed by atoms with Gasteiger partial charge in [0.2, 0.25) is 5.28 Å². The number of hydrogen-bond donors (Lipinski definition) is 2. The van der Waals surface area contributed by atoms with Crippen molar-refractivity contribution in [2.24, 2.45) is 0 Å². The molecule has 0 aromatic carbocycles. The Morgan fingerprint density at radius 3 is 2.92 bits per heavy atom. The molecule has 5 nitrogen and oxygen atoms in total. The van der Waals surface area contributed by atoms with E-state index < -0.39 is 5.97 Å². The minimum Gasteiger partial charge on any atom is -0.477 e. The van der Waals surface area contributed by atoms with Crippen LogP contribution < -0.4 is 5.32 Å². The molecule has 0 bridgehead atoms. The Bertz CT molecular complexity index is 353. The Morgan fingerprint density at radius 2 is 2.38 bits per heavy atom. The lowest BCUT2D eigenvalue weighted by Gasteiger charge is -2.03. The Hall–Kier alpha value is -1.62. The minimum absolute atomic E-state index is 0.0446. The topological polar surface area (TPSA) is 75.1 Å². The molecule has 1 heterocycles. The van der Waals surface area contributed by atoms with Gasteiger partial charge in [-0.25, -0.2) is 14.8 Å². The van der Waals surface area contributed by atoms with Crippen LogP contribution in [-0.4, -0.2) is 21.0 Å². The summed E-state index contributed by atoms with van der Waals surface area (Å²) in [5.41, 5.74) is -0.172. The van der Waals surface area contributed by atoms with Crippen molar-refractivity contribution in [3.8, 4) is 0 Å². The number of aromatic nitrogens is 2. The number of carbonyl (C=O) groups is 1. The third kappa shape index (κ3) is 2.72. The number of nitrogens with zero attached hydrogens (tertiary/aromatic N) is 2. The number of aliphatic carboxylic acids is 1. The zero-order chi connectivity index (χ0) is 9.84. The van der Waals surface area contributed by atoms with E-state index in [4.69, 9.17) is 16.7 Å². The maximum absolute atomic E-state index is 10.4. The molecular formula is C7H6ClN3O2. The van der Waals surface area contributed by atoms with E-state index in [1.807, 2.05) is 0 Å². The third-order valence-corrected chi connectivity index (χ3v) is 1.35. The first-order valence-corrected chi connectivity index (χ1v) is 3.65. The summed E-state index contributed by atoms with van der Waals surface area (Å²) in [4.78, 5) is 17.7. The minimum atomic E-state index is -1.14. The highest BCUT2D eigenvalue weighted by molar-refractivity contribution is 6.28. The molecule has 1 aromatic rings. The van der Waals surface area contributed by atoms with Crippen LogP contribution >= 0.6 is 11.6 Å². The molecule has 0 radical (unpaired) electrons. The van der Waals surface area contributed by atoms with Gasteiger partial charge in [0, 0.05) is 6.20 Å². The summed E-state index contributed by atoms with van der Waals surface area (Å²) in [5.74, 6) is -0.845. The van der Waals surface area contributed by atoms with Crippen LogP contribution in [0.5, 0.6) is 0 Å². The van der Waals surface area contributed by atoms with Gasteiger partial charge in [0.1, 0.15) is 11.5 Å². The van der Waals surface area contributed by atoms with Crippen molar-refractivity contribution in [1.29, 1.82) is 0 Å². The zero-order valence-corrected chi connectivity index (χ0v) is 7.25. The number of halogens is 1. The Kier molecular flexibility index (Phi) is 2.81. The second kappa shape index (κ2) is 3.86. The molecule has 0 aliphatic heterocycles. The lowest BCUT2D eigenvalue weighted by molar-refractivity contribution is -0.132. The maximum Gasteiger partial charge on any atom is 0.351 e. The first-order chi connectivity index (χ1) is 6.09. The molecule has 0 atom stereocenters. The predicted molar refractivity (Wildman–Crippen MR) is 47.4 cm³/mol. The van der Waals surface area contributed by atoms with Gasteiger partial charge in [-0.15, -0.1) is 0 Å².